The van der Waals surface area contributed by atoms with Crippen LogP contribution in [0.25, 0.3) is 11.1 Å². The van der Waals surface area contributed by atoms with E-state index < -0.39 is 17.6 Å². The predicted octanol–water partition coefficient (Wildman–Crippen LogP) is 4.93. The minimum absolute atomic E-state index is 0.0286. The summed E-state index contributed by atoms with van der Waals surface area (Å²) in [5.74, 6) is 1.35. The Hall–Kier alpha value is -3.64. The van der Waals surface area contributed by atoms with Crippen LogP contribution in [0.4, 0.5) is 0 Å². The first kappa shape index (κ1) is 25.0. The molecule has 0 bridgehead atoms. The van der Waals surface area contributed by atoms with Crippen LogP contribution in [0.1, 0.15) is 35.6 Å². The van der Waals surface area contributed by atoms with E-state index in [0.29, 0.717) is 12.2 Å². The standard InChI is InChI=1S/C32H32O5/c1-2-24(34)20-36-26-15-11-22(12-16-26)32(23-13-17-27(18-14-23)37-21-25(35)19-33)30-9-5-3-7-28(30)29-8-4-6-10-31(29)32/h3-18,24-25,33-35H,2,19-21H2,1H3. The zero-order valence-electron chi connectivity index (χ0n) is 20.9. The summed E-state index contributed by atoms with van der Waals surface area (Å²) in [5.41, 5.74) is 6.48. The van der Waals surface area contributed by atoms with Crippen LogP contribution >= 0.6 is 0 Å². The Labute approximate surface area is 217 Å². The van der Waals surface area contributed by atoms with Gasteiger partial charge in [-0.05, 0) is 64.1 Å². The van der Waals surface area contributed by atoms with E-state index in [1.807, 2.05) is 31.2 Å². The Balaban J connectivity index is 1.61. The maximum Gasteiger partial charge on any atom is 0.119 e. The summed E-state index contributed by atoms with van der Waals surface area (Å²) >= 11 is 0. The number of fused-ring (bicyclic) bond motifs is 3. The predicted molar refractivity (Wildman–Crippen MR) is 144 cm³/mol. The molecule has 0 saturated heterocycles. The lowest BCUT2D eigenvalue weighted by atomic mass is 9.68. The number of rotatable bonds is 10. The first-order valence-corrected chi connectivity index (χ1v) is 12.7. The number of aliphatic hydroxyl groups is 3. The van der Waals surface area contributed by atoms with Crippen molar-refractivity contribution in [3.8, 4) is 22.6 Å². The zero-order valence-corrected chi connectivity index (χ0v) is 20.9. The van der Waals surface area contributed by atoms with Crippen LogP contribution in [-0.4, -0.2) is 47.3 Å². The third-order valence-electron chi connectivity index (χ3n) is 7.09. The lowest BCUT2D eigenvalue weighted by Crippen LogP contribution is -2.28. The van der Waals surface area contributed by atoms with Crippen LogP contribution < -0.4 is 9.47 Å². The van der Waals surface area contributed by atoms with E-state index in [2.05, 4.69) is 72.8 Å². The highest BCUT2D eigenvalue weighted by Gasteiger charge is 2.45. The molecule has 0 heterocycles. The molecule has 4 aromatic rings. The van der Waals surface area contributed by atoms with Gasteiger partial charge < -0.3 is 24.8 Å². The Kier molecular flexibility index (Phi) is 7.28. The zero-order chi connectivity index (χ0) is 25.8. The van der Waals surface area contributed by atoms with E-state index in [1.54, 1.807) is 0 Å². The monoisotopic (exact) mass is 496 g/mol. The minimum atomic E-state index is -0.918. The number of benzene rings is 4. The summed E-state index contributed by atoms with van der Waals surface area (Å²) in [6.45, 7) is 1.88. The molecule has 5 rings (SSSR count). The fourth-order valence-electron chi connectivity index (χ4n) is 5.18. The van der Waals surface area contributed by atoms with Gasteiger partial charge in [-0.2, -0.15) is 0 Å². The highest BCUT2D eigenvalue weighted by atomic mass is 16.5. The third kappa shape index (κ3) is 4.62. The van der Waals surface area contributed by atoms with E-state index in [4.69, 9.17) is 14.6 Å². The second kappa shape index (κ2) is 10.8. The second-order valence-corrected chi connectivity index (χ2v) is 9.41. The molecule has 0 radical (unpaired) electrons. The van der Waals surface area contributed by atoms with Gasteiger partial charge in [-0.1, -0.05) is 79.7 Å². The highest BCUT2D eigenvalue weighted by molar-refractivity contribution is 5.86. The van der Waals surface area contributed by atoms with Crippen molar-refractivity contribution in [2.45, 2.75) is 31.0 Å². The molecule has 190 valence electrons. The van der Waals surface area contributed by atoms with Crippen molar-refractivity contribution in [2.75, 3.05) is 19.8 Å². The molecule has 1 aliphatic carbocycles. The molecule has 2 unspecified atom stereocenters. The molecule has 0 spiro atoms. The Morgan fingerprint density at radius 3 is 1.49 bits per heavy atom. The summed E-state index contributed by atoms with van der Waals surface area (Å²) < 4.78 is 11.5. The summed E-state index contributed by atoms with van der Waals surface area (Å²) in [7, 11) is 0. The molecule has 0 fully saturated rings. The van der Waals surface area contributed by atoms with Gasteiger partial charge in [-0.15, -0.1) is 0 Å². The van der Waals surface area contributed by atoms with Crippen LogP contribution in [0.5, 0.6) is 11.5 Å². The first-order valence-electron chi connectivity index (χ1n) is 12.7. The molecule has 0 saturated carbocycles. The van der Waals surface area contributed by atoms with Gasteiger partial charge in [0.1, 0.15) is 30.8 Å². The molecule has 2 atom stereocenters. The summed E-state index contributed by atoms with van der Waals surface area (Å²) in [5, 5.41) is 28.6. The maximum absolute atomic E-state index is 9.90. The van der Waals surface area contributed by atoms with Gasteiger partial charge >= 0.3 is 0 Å². The number of ether oxygens (including phenoxy) is 2. The quantitative estimate of drug-likeness (QED) is 0.256. The highest BCUT2D eigenvalue weighted by Crippen LogP contribution is 2.56. The summed E-state index contributed by atoms with van der Waals surface area (Å²) in [6.07, 6.45) is -0.759. The Morgan fingerprint density at radius 2 is 1.05 bits per heavy atom. The van der Waals surface area contributed by atoms with Crippen LogP contribution in [0.2, 0.25) is 0 Å². The average molecular weight is 497 g/mol. The van der Waals surface area contributed by atoms with Gasteiger partial charge in [0.25, 0.3) is 0 Å². The van der Waals surface area contributed by atoms with Gasteiger partial charge in [0, 0.05) is 0 Å². The molecule has 37 heavy (non-hydrogen) atoms. The first-order chi connectivity index (χ1) is 18.1. The second-order valence-electron chi connectivity index (χ2n) is 9.41. The van der Waals surface area contributed by atoms with Gasteiger partial charge in [0.05, 0.1) is 18.1 Å². The molecular weight excluding hydrogens is 464 g/mol. The van der Waals surface area contributed by atoms with Gasteiger partial charge in [-0.25, -0.2) is 0 Å². The van der Waals surface area contributed by atoms with Gasteiger partial charge in [0.2, 0.25) is 0 Å². The van der Waals surface area contributed by atoms with Crippen molar-refractivity contribution in [2.24, 2.45) is 0 Å². The molecule has 5 nitrogen and oxygen atoms in total. The minimum Gasteiger partial charge on any atom is -0.491 e. The molecule has 0 aliphatic heterocycles. The average Bonchev–Trinajstić information content (AvgIpc) is 3.26. The number of aliphatic hydroxyl groups excluding tert-OH is 3. The van der Waals surface area contributed by atoms with Crippen LogP contribution in [0, 0.1) is 0 Å². The van der Waals surface area contributed by atoms with Gasteiger partial charge in [-0.3, -0.25) is 0 Å². The van der Waals surface area contributed by atoms with Crippen molar-refractivity contribution in [3.05, 3.63) is 119 Å². The Bertz CT molecular complexity index is 1230. The normalized spacial score (nSPS) is 14.9. The van der Waals surface area contributed by atoms with Crippen molar-refractivity contribution in [3.63, 3.8) is 0 Å². The van der Waals surface area contributed by atoms with Crippen LogP contribution in [0.15, 0.2) is 97.1 Å². The van der Waals surface area contributed by atoms with Crippen molar-refractivity contribution in [1.29, 1.82) is 0 Å². The van der Waals surface area contributed by atoms with E-state index in [9.17, 15) is 10.2 Å². The molecule has 0 aromatic heterocycles. The fourth-order valence-corrected chi connectivity index (χ4v) is 5.18. The molecule has 5 heteroatoms. The van der Waals surface area contributed by atoms with Crippen molar-refractivity contribution in [1.82, 2.24) is 0 Å². The van der Waals surface area contributed by atoms with Crippen molar-refractivity contribution >= 4 is 0 Å². The Morgan fingerprint density at radius 1 is 0.622 bits per heavy atom. The maximum atomic E-state index is 9.90. The molecular formula is C32H32O5. The van der Waals surface area contributed by atoms with E-state index >= 15 is 0 Å². The lowest BCUT2D eigenvalue weighted by Gasteiger charge is -2.34. The van der Waals surface area contributed by atoms with Crippen LogP contribution in [0.3, 0.4) is 0 Å². The SMILES string of the molecule is CCC(O)COc1ccc(C2(c3ccc(OCC(O)CO)cc3)c3ccccc3-c3ccccc32)cc1. The molecule has 4 aromatic carbocycles. The fraction of sp³-hybridized carbons (Fsp3) is 0.250. The molecule has 3 N–H and O–H groups in total. The van der Waals surface area contributed by atoms with E-state index in [-0.39, 0.29) is 19.8 Å². The summed E-state index contributed by atoms with van der Waals surface area (Å²) in [4.78, 5) is 0. The number of hydrogen-bond donors (Lipinski definition) is 3. The smallest absolute Gasteiger partial charge is 0.119 e. The van der Waals surface area contributed by atoms with E-state index in [1.165, 1.54) is 22.3 Å². The number of hydrogen-bond acceptors (Lipinski definition) is 5. The van der Waals surface area contributed by atoms with Gasteiger partial charge in [0.15, 0.2) is 0 Å². The molecule has 1 aliphatic rings. The molecule has 0 amide bonds. The topological polar surface area (TPSA) is 79.2 Å². The van der Waals surface area contributed by atoms with E-state index in [0.717, 1.165) is 16.9 Å². The van der Waals surface area contributed by atoms with Crippen LogP contribution in [-0.2, 0) is 5.41 Å². The lowest BCUT2D eigenvalue weighted by molar-refractivity contribution is 0.0536. The third-order valence-corrected chi connectivity index (χ3v) is 7.09. The van der Waals surface area contributed by atoms with Crippen molar-refractivity contribution < 1.29 is 24.8 Å². The largest absolute Gasteiger partial charge is 0.491 e. The summed E-state index contributed by atoms with van der Waals surface area (Å²) in [6, 6.07) is 33.2.